The fourth-order valence-corrected chi connectivity index (χ4v) is 3.85. The Labute approximate surface area is 130 Å². The van der Waals surface area contributed by atoms with Crippen LogP contribution in [-0.2, 0) is 9.84 Å². The van der Waals surface area contributed by atoms with Crippen molar-refractivity contribution in [2.75, 3.05) is 18.7 Å². The zero-order chi connectivity index (χ0) is 15.5. The van der Waals surface area contributed by atoms with Gasteiger partial charge in [-0.1, -0.05) is 12.5 Å². The maximum absolute atomic E-state index is 12.1. The van der Waals surface area contributed by atoms with Crippen LogP contribution in [0.3, 0.4) is 0 Å². The molecule has 0 heterocycles. The van der Waals surface area contributed by atoms with Crippen molar-refractivity contribution in [1.29, 1.82) is 0 Å². The van der Waals surface area contributed by atoms with E-state index in [1.165, 1.54) is 12.1 Å². The van der Waals surface area contributed by atoms with Crippen molar-refractivity contribution in [2.24, 2.45) is 11.8 Å². The van der Waals surface area contributed by atoms with Crippen LogP contribution in [0.25, 0.3) is 0 Å². The van der Waals surface area contributed by atoms with Crippen LogP contribution in [0.15, 0.2) is 29.2 Å². The van der Waals surface area contributed by atoms with Crippen LogP contribution in [0.5, 0.6) is 0 Å². The zero-order valence-electron chi connectivity index (χ0n) is 12.0. The quantitative estimate of drug-likeness (QED) is 0.844. The standard InChI is InChI=1S/C15H20ClNO3S/c1-21(19,20)14-7-3-4-11(8-14)15(18)17-10-13-6-2-5-12(13)9-16/h3-4,7-8,12-13H,2,5-6,9-10H2,1H3,(H,17,18). The molecule has 21 heavy (non-hydrogen) atoms. The molecule has 2 unspecified atom stereocenters. The van der Waals surface area contributed by atoms with Gasteiger partial charge in [0.05, 0.1) is 4.90 Å². The summed E-state index contributed by atoms with van der Waals surface area (Å²) in [4.78, 5) is 12.3. The Bertz CT molecular complexity index is 615. The zero-order valence-corrected chi connectivity index (χ0v) is 13.6. The van der Waals surface area contributed by atoms with Crippen molar-refractivity contribution in [1.82, 2.24) is 5.32 Å². The highest BCUT2D eigenvalue weighted by Crippen LogP contribution is 2.31. The molecule has 0 aliphatic heterocycles. The Morgan fingerprint density at radius 1 is 1.33 bits per heavy atom. The van der Waals surface area contributed by atoms with Crippen LogP contribution in [0.1, 0.15) is 29.6 Å². The molecule has 116 valence electrons. The van der Waals surface area contributed by atoms with Gasteiger partial charge in [0.15, 0.2) is 9.84 Å². The Balaban J connectivity index is 2.01. The number of halogens is 1. The summed E-state index contributed by atoms with van der Waals surface area (Å²) in [7, 11) is -3.30. The third-order valence-corrected chi connectivity index (χ3v) is 5.57. The summed E-state index contributed by atoms with van der Waals surface area (Å²) in [5, 5.41) is 2.89. The first-order valence-electron chi connectivity index (χ1n) is 7.06. The smallest absolute Gasteiger partial charge is 0.251 e. The molecular weight excluding hydrogens is 310 g/mol. The van der Waals surface area contributed by atoms with E-state index in [-0.39, 0.29) is 10.8 Å². The highest BCUT2D eigenvalue weighted by molar-refractivity contribution is 7.90. The van der Waals surface area contributed by atoms with E-state index in [2.05, 4.69) is 5.32 Å². The van der Waals surface area contributed by atoms with Crippen LogP contribution >= 0.6 is 11.6 Å². The maximum atomic E-state index is 12.1. The predicted octanol–water partition coefficient (Wildman–Crippen LogP) is 2.48. The molecule has 4 nitrogen and oxygen atoms in total. The Hall–Kier alpha value is -1.07. The molecule has 1 aromatic rings. The maximum Gasteiger partial charge on any atom is 0.251 e. The van der Waals surface area contributed by atoms with Crippen molar-refractivity contribution < 1.29 is 13.2 Å². The van der Waals surface area contributed by atoms with Crippen molar-refractivity contribution in [3.8, 4) is 0 Å². The molecule has 0 spiro atoms. The normalized spacial score (nSPS) is 22.2. The number of nitrogens with one attached hydrogen (secondary N) is 1. The lowest BCUT2D eigenvalue weighted by Gasteiger charge is -2.17. The topological polar surface area (TPSA) is 63.2 Å². The van der Waals surface area contributed by atoms with Crippen LogP contribution in [0.4, 0.5) is 0 Å². The average molecular weight is 330 g/mol. The molecule has 0 saturated heterocycles. The van der Waals surface area contributed by atoms with Gasteiger partial charge in [-0.05, 0) is 42.9 Å². The number of alkyl halides is 1. The molecule has 1 saturated carbocycles. The van der Waals surface area contributed by atoms with Crippen molar-refractivity contribution >= 4 is 27.3 Å². The number of hydrogen-bond donors (Lipinski definition) is 1. The van der Waals surface area contributed by atoms with Crippen molar-refractivity contribution in [3.63, 3.8) is 0 Å². The van der Waals surface area contributed by atoms with E-state index in [0.29, 0.717) is 29.8 Å². The van der Waals surface area contributed by atoms with Gasteiger partial charge < -0.3 is 5.32 Å². The van der Waals surface area contributed by atoms with Gasteiger partial charge in [-0.3, -0.25) is 4.79 Å². The molecule has 0 bridgehead atoms. The average Bonchev–Trinajstić information content (AvgIpc) is 2.91. The first kappa shape index (κ1) is 16.3. The van der Waals surface area contributed by atoms with Crippen LogP contribution in [0.2, 0.25) is 0 Å². The number of benzene rings is 1. The van der Waals surface area contributed by atoms with E-state index < -0.39 is 9.84 Å². The summed E-state index contributed by atoms with van der Waals surface area (Å²) in [5.74, 6) is 1.28. The first-order chi connectivity index (χ1) is 9.91. The summed E-state index contributed by atoms with van der Waals surface area (Å²) in [6.45, 7) is 0.597. The lowest BCUT2D eigenvalue weighted by Crippen LogP contribution is -2.31. The second-order valence-corrected chi connectivity index (χ2v) is 7.94. The first-order valence-corrected chi connectivity index (χ1v) is 9.48. The molecule has 2 atom stereocenters. The van der Waals surface area contributed by atoms with Gasteiger partial charge in [0.25, 0.3) is 5.91 Å². The minimum absolute atomic E-state index is 0.162. The molecule has 0 radical (unpaired) electrons. The fourth-order valence-electron chi connectivity index (χ4n) is 2.78. The van der Waals surface area contributed by atoms with Gasteiger partial charge >= 0.3 is 0 Å². The van der Waals surface area contributed by atoms with Gasteiger partial charge in [-0.25, -0.2) is 8.42 Å². The van der Waals surface area contributed by atoms with Crippen LogP contribution in [-0.4, -0.2) is 33.0 Å². The molecule has 1 aliphatic carbocycles. The molecule has 2 rings (SSSR count). The van der Waals surface area contributed by atoms with Gasteiger partial charge in [-0.15, -0.1) is 11.6 Å². The van der Waals surface area contributed by atoms with Crippen molar-refractivity contribution in [2.45, 2.75) is 24.2 Å². The largest absolute Gasteiger partial charge is 0.352 e. The van der Waals surface area contributed by atoms with Gasteiger partial charge in [0.1, 0.15) is 0 Å². The van der Waals surface area contributed by atoms with Gasteiger partial charge in [-0.2, -0.15) is 0 Å². The molecule has 6 heteroatoms. The van der Waals surface area contributed by atoms with Crippen LogP contribution < -0.4 is 5.32 Å². The molecule has 1 N–H and O–H groups in total. The monoisotopic (exact) mass is 329 g/mol. The number of carbonyl (C=O) groups excluding carboxylic acids is 1. The van der Waals surface area contributed by atoms with E-state index in [1.54, 1.807) is 12.1 Å². The van der Waals surface area contributed by atoms with E-state index in [0.717, 1.165) is 25.5 Å². The summed E-state index contributed by atoms with van der Waals surface area (Å²) in [6, 6.07) is 6.12. The third-order valence-electron chi connectivity index (χ3n) is 4.06. The van der Waals surface area contributed by atoms with Gasteiger partial charge in [0.2, 0.25) is 0 Å². The summed E-state index contributed by atoms with van der Waals surface area (Å²) in [6.07, 6.45) is 4.49. The van der Waals surface area contributed by atoms with Crippen molar-refractivity contribution in [3.05, 3.63) is 29.8 Å². The minimum Gasteiger partial charge on any atom is -0.352 e. The molecule has 1 aromatic carbocycles. The number of rotatable bonds is 5. The number of amides is 1. The Kier molecular flexibility index (Phi) is 5.27. The van der Waals surface area contributed by atoms with Crippen LogP contribution in [0, 0.1) is 11.8 Å². The van der Waals surface area contributed by atoms with E-state index in [1.807, 2.05) is 0 Å². The number of sulfone groups is 1. The molecular formula is C15H20ClNO3S. The molecule has 0 aromatic heterocycles. The summed E-state index contributed by atoms with van der Waals surface area (Å²) < 4.78 is 23.0. The summed E-state index contributed by atoms with van der Waals surface area (Å²) in [5.41, 5.74) is 0.373. The SMILES string of the molecule is CS(=O)(=O)c1cccc(C(=O)NCC2CCCC2CCl)c1. The molecule has 1 aliphatic rings. The second-order valence-electron chi connectivity index (χ2n) is 5.62. The van der Waals surface area contributed by atoms with E-state index in [4.69, 9.17) is 11.6 Å². The lowest BCUT2D eigenvalue weighted by molar-refractivity contribution is 0.0944. The highest BCUT2D eigenvalue weighted by atomic mass is 35.5. The fraction of sp³-hybridized carbons (Fsp3) is 0.533. The lowest BCUT2D eigenvalue weighted by atomic mass is 9.98. The molecule has 1 amide bonds. The Morgan fingerprint density at radius 2 is 2.05 bits per heavy atom. The second kappa shape index (κ2) is 6.79. The molecule has 1 fully saturated rings. The predicted molar refractivity (Wildman–Crippen MR) is 83.4 cm³/mol. The van der Waals surface area contributed by atoms with E-state index >= 15 is 0 Å². The minimum atomic E-state index is -3.30. The van der Waals surface area contributed by atoms with Gasteiger partial charge in [0, 0.05) is 24.2 Å². The summed E-state index contributed by atoms with van der Waals surface area (Å²) >= 11 is 5.93. The highest BCUT2D eigenvalue weighted by Gasteiger charge is 2.26. The van der Waals surface area contributed by atoms with E-state index in [9.17, 15) is 13.2 Å². The number of carbonyl (C=O) groups is 1. The number of hydrogen-bond acceptors (Lipinski definition) is 3. The third kappa shape index (κ3) is 4.20. The Morgan fingerprint density at radius 3 is 2.71 bits per heavy atom.